The molecule has 0 saturated heterocycles. The molecule has 4 N–H and O–H groups in total. The second-order valence-corrected chi connectivity index (χ2v) is 4.49. The Hall–Kier alpha value is -2.60. The highest BCUT2D eigenvalue weighted by atomic mass is 16.5. The Morgan fingerprint density at radius 3 is 3.00 bits per heavy atom. The van der Waals surface area contributed by atoms with Gasteiger partial charge in [-0.3, -0.25) is 15.6 Å². The van der Waals surface area contributed by atoms with Gasteiger partial charge in [-0.2, -0.15) is 0 Å². The Morgan fingerprint density at radius 2 is 2.24 bits per heavy atom. The van der Waals surface area contributed by atoms with Crippen molar-refractivity contribution >= 4 is 11.6 Å². The molecule has 1 heterocycles. The molecule has 2 rings (SSSR count). The molecule has 0 aliphatic carbocycles. The van der Waals surface area contributed by atoms with E-state index in [9.17, 15) is 4.79 Å². The first-order valence-electron chi connectivity index (χ1n) is 6.59. The molecule has 2 aromatic rings. The van der Waals surface area contributed by atoms with E-state index in [1.54, 1.807) is 12.3 Å². The fourth-order valence-corrected chi connectivity index (χ4v) is 1.84. The van der Waals surface area contributed by atoms with E-state index < -0.39 is 0 Å². The number of benzene rings is 1. The molecule has 0 spiro atoms. The number of nitrogens with zero attached hydrogens (tertiary/aromatic N) is 1. The molecule has 110 valence electrons. The van der Waals surface area contributed by atoms with E-state index in [4.69, 9.17) is 10.6 Å². The zero-order chi connectivity index (χ0) is 15.1. The number of rotatable bonds is 6. The number of ether oxygens (including phenoxy) is 1. The van der Waals surface area contributed by atoms with Crippen LogP contribution in [-0.4, -0.2) is 24.0 Å². The van der Waals surface area contributed by atoms with Crippen LogP contribution in [0.4, 0.5) is 5.69 Å². The third-order valence-electron chi connectivity index (χ3n) is 2.87. The third-order valence-corrected chi connectivity index (χ3v) is 2.87. The molecule has 0 radical (unpaired) electrons. The number of aryl methyl sites for hydroxylation is 1. The molecule has 21 heavy (non-hydrogen) atoms. The number of hydrogen-bond acceptors (Lipinski definition) is 5. The lowest BCUT2D eigenvalue weighted by atomic mass is 10.2. The maximum atomic E-state index is 12.0. The van der Waals surface area contributed by atoms with Gasteiger partial charge in [-0.05, 0) is 30.7 Å². The first-order chi connectivity index (χ1) is 10.2. The summed E-state index contributed by atoms with van der Waals surface area (Å²) >= 11 is 0. The van der Waals surface area contributed by atoms with Crippen LogP contribution in [0.3, 0.4) is 0 Å². The lowest BCUT2D eigenvalue weighted by Crippen LogP contribution is -2.29. The number of carbonyl (C=O) groups excluding carboxylic acids is 1. The number of nitrogen functional groups attached to an aromatic ring is 1. The van der Waals surface area contributed by atoms with Crippen LogP contribution in [0, 0.1) is 6.92 Å². The maximum Gasteiger partial charge on any atom is 0.255 e. The van der Waals surface area contributed by atoms with Crippen molar-refractivity contribution in [2.24, 2.45) is 5.84 Å². The van der Waals surface area contributed by atoms with E-state index >= 15 is 0 Å². The van der Waals surface area contributed by atoms with Crippen LogP contribution in [0.2, 0.25) is 0 Å². The summed E-state index contributed by atoms with van der Waals surface area (Å²) < 4.78 is 5.56. The Bertz CT molecular complexity index is 616. The first-order valence-corrected chi connectivity index (χ1v) is 6.59. The fourth-order valence-electron chi connectivity index (χ4n) is 1.84. The van der Waals surface area contributed by atoms with Crippen LogP contribution in [0.25, 0.3) is 0 Å². The van der Waals surface area contributed by atoms with Gasteiger partial charge < -0.3 is 15.5 Å². The van der Waals surface area contributed by atoms with Crippen molar-refractivity contribution in [3.05, 3.63) is 53.9 Å². The van der Waals surface area contributed by atoms with Crippen molar-refractivity contribution in [1.29, 1.82) is 0 Å². The van der Waals surface area contributed by atoms with E-state index in [0.29, 0.717) is 24.4 Å². The SMILES string of the molecule is Cc1cccc(OCCNC(=O)c2cnccc2NN)c1. The zero-order valence-corrected chi connectivity index (χ0v) is 11.8. The van der Waals surface area contributed by atoms with E-state index in [1.165, 1.54) is 6.20 Å². The number of aromatic nitrogens is 1. The van der Waals surface area contributed by atoms with Gasteiger partial charge in [0, 0.05) is 12.4 Å². The molecule has 0 bridgehead atoms. The number of hydrogen-bond donors (Lipinski definition) is 3. The third kappa shape index (κ3) is 4.19. The Labute approximate surface area is 123 Å². The van der Waals surface area contributed by atoms with Crippen molar-refractivity contribution < 1.29 is 9.53 Å². The summed E-state index contributed by atoms with van der Waals surface area (Å²) in [5.74, 6) is 5.89. The van der Waals surface area contributed by atoms with E-state index in [-0.39, 0.29) is 5.91 Å². The number of amides is 1. The molecule has 0 aliphatic heterocycles. The highest BCUT2D eigenvalue weighted by molar-refractivity contribution is 5.99. The minimum Gasteiger partial charge on any atom is -0.492 e. The van der Waals surface area contributed by atoms with Crippen LogP contribution in [0.5, 0.6) is 5.75 Å². The minimum atomic E-state index is -0.246. The van der Waals surface area contributed by atoms with Gasteiger partial charge in [-0.15, -0.1) is 0 Å². The summed E-state index contributed by atoms with van der Waals surface area (Å²) in [4.78, 5) is 15.9. The molecule has 6 nitrogen and oxygen atoms in total. The standard InChI is InChI=1S/C15H18N4O2/c1-11-3-2-4-12(9-11)21-8-7-18-15(20)13-10-17-6-5-14(13)19-16/h2-6,9-10H,7-8,16H2,1H3,(H,17,19)(H,18,20). The summed E-state index contributed by atoms with van der Waals surface area (Å²) in [6.45, 7) is 2.78. The zero-order valence-electron chi connectivity index (χ0n) is 11.8. The van der Waals surface area contributed by atoms with E-state index in [2.05, 4.69) is 15.7 Å². The largest absolute Gasteiger partial charge is 0.492 e. The number of nitrogens with two attached hydrogens (primary N) is 1. The van der Waals surface area contributed by atoms with Crippen molar-refractivity contribution in [3.8, 4) is 5.75 Å². The number of pyridine rings is 1. The maximum absolute atomic E-state index is 12.0. The molecular weight excluding hydrogens is 268 g/mol. The molecule has 0 fully saturated rings. The number of nitrogens with one attached hydrogen (secondary N) is 2. The predicted octanol–water partition coefficient (Wildman–Crippen LogP) is 1.48. The van der Waals surface area contributed by atoms with Crippen LogP contribution in [-0.2, 0) is 0 Å². The fraction of sp³-hybridized carbons (Fsp3) is 0.200. The summed E-state index contributed by atoms with van der Waals surface area (Å²) in [5, 5.41) is 2.76. The topological polar surface area (TPSA) is 89.3 Å². The number of hydrazine groups is 1. The van der Waals surface area contributed by atoms with Gasteiger partial charge in [0.05, 0.1) is 17.8 Å². The van der Waals surface area contributed by atoms with Crippen molar-refractivity contribution in [2.75, 3.05) is 18.6 Å². The second kappa shape index (κ2) is 7.25. The second-order valence-electron chi connectivity index (χ2n) is 4.49. The average molecular weight is 286 g/mol. The van der Waals surface area contributed by atoms with Crippen LogP contribution in [0.1, 0.15) is 15.9 Å². The van der Waals surface area contributed by atoms with Gasteiger partial charge in [0.1, 0.15) is 12.4 Å². The van der Waals surface area contributed by atoms with Gasteiger partial charge in [0.25, 0.3) is 5.91 Å². The summed E-state index contributed by atoms with van der Waals surface area (Å²) in [5.41, 5.74) is 4.53. The normalized spacial score (nSPS) is 10.0. The quantitative estimate of drug-likeness (QED) is 0.425. The molecular formula is C15H18N4O2. The first kappa shape index (κ1) is 14.8. The Kier molecular flexibility index (Phi) is 5.11. The Morgan fingerprint density at radius 1 is 1.38 bits per heavy atom. The van der Waals surface area contributed by atoms with Gasteiger partial charge in [-0.1, -0.05) is 12.1 Å². The molecule has 0 aliphatic rings. The summed E-state index contributed by atoms with van der Waals surface area (Å²) in [6, 6.07) is 9.39. The van der Waals surface area contributed by atoms with Gasteiger partial charge >= 0.3 is 0 Å². The molecule has 1 aromatic heterocycles. The summed E-state index contributed by atoms with van der Waals surface area (Å²) in [6.07, 6.45) is 3.03. The van der Waals surface area contributed by atoms with Gasteiger partial charge in [-0.25, -0.2) is 0 Å². The van der Waals surface area contributed by atoms with Crippen LogP contribution >= 0.6 is 0 Å². The minimum absolute atomic E-state index is 0.246. The molecule has 0 saturated carbocycles. The van der Waals surface area contributed by atoms with E-state index in [1.807, 2.05) is 31.2 Å². The lowest BCUT2D eigenvalue weighted by molar-refractivity contribution is 0.0947. The predicted molar refractivity (Wildman–Crippen MR) is 81.1 cm³/mol. The molecule has 6 heteroatoms. The molecule has 1 aromatic carbocycles. The molecule has 0 atom stereocenters. The Balaban J connectivity index is 1.82. The van der Waals surface area contributed by atoms with Crippen molar-refractivity contribution in [3.63, 3.8) is 0 Å². The van der Waals surface area contributed by atoms with E-state index in [0.717, 1.165) is 11.3 Å². The molecule has 0 unspecified atom stereocenters. The van der Waals surface area contributed by atoms with Crippen LogP contribution in [0.15, 0.2) is 42.7 Å². The monoisotopic (exact) mass is 286 g/mol. The van der Waals surface area contributed by atoms with Crippen LogP contribution < -0.4 is 21.3 Å². The molecule has 1 amide bonds. The van der Waals surface area contributed by atoms with Crippen molar-refractivity contribution in [2.45, 2.75) is 6.92 Å². The lowest BCUT2D eigenvalue weighted by Gasteiger charge is -2.10. The smallest absolute Gasteiger partial charge is 0.255 e. The van der Waals surface area contributed by atoms with Gasteiger partial charge in [0.2, 0.25) is 0 Å². The van der Waals surface area contributed by atoms with Crippen molar-refractivity contribution in [1.82, 2.24) is 10.3 Å². The highest BCUT2D eigenvalue weighted by Gasteiger charge is 2.10. The van der Waals surface area contributed by atoms with Gasteiger partial charge in [0.15, 0.2) is 0 Å². The number of anilines is 1. The number of carbonyl (C=O) groups is 1. The summed E-state index contributed by atoms with van der Waals surface area (Å²) in [7, 11) is 0. The average Bonchev–Trinajstić information content (AvgIpc) is 2.51. The highest BCUT2D eigenvalue weighted by Crippen LogP contribution is 2.12.